The number of nitriles is 4. The molecule has 0 bridgehead atoms. The van der Waals surface area contributed by atoms with Crippen LogP contribution in [0.15, 0.2) is 309 Å². The molecule has 547 valence electrons. The second kappa shape index (κ2) is 30.6. The first kappa shape index (κ1) is 72.5. The van der Waals surface area contributed by atoms with E-state index in [9.17, 15) is 25.8 Å². The molecule has 0 amide bonds. The number of benzene rings is 13. The van der Waals surface area contributed by atoms with Crippen molar-refractivity contribution >= 4 is 137 Å². The van der Waals surface area contributed by atoms with Gasteiger partial charge in [-0.2, -0.15) is 30.9 Å². The number of aromatic nitrogens is 12. The Balaban J connectivity index is 0.000000131. The maximum absolute atomic E-state index is 13.6. The summed E-state index contributed by atoms with van der Waals surface area (Å²) in [5.74, 6) is 2.02. The van der Waals surface area contributed by atoms with Crippen LogP contribution in [0.2, 0.25) is 0 Å². The molecule has 2 aliphatic rings. The second-order valence-electron chi connectivity index (χ2n) is 26.9. The summed E-state index contributed by atoms with van der Waals surface area (Å²) in [5, 5.41) is 37.2. The van der Waals surface area contributed by atoms with Gasteiger partial charge in [0.05, 0.1) is 51.2 Å². The van der Waals surface area contributed by atoms with Gasteiger partial charge < -0.3 is 14.6 Å². The molecule has 1 aliphatic carbocycles. The molecule has 20 nitrogen and oxygen atoms in total. The molecule has 0 saturated heterocycles. The summed E-state index contributed by atoms with van der Waals surface area (Å²) in [6.07, 6.45) is 0. The first-order valence-corrected chi connectivity index (χ1v) is 36.4. The number of carbonyl (C=O) groups is 1. The van der Waals surface area contributed by atoms with E-state index in [1.54, 1.807) is 34.1 Å². The number of hydrogen-bond donors (Lipinski definition) is 0. The molecule has 1 atom stereocenters. The number of hydrogen-bond acceptors (Lipinski definition) is 15. The van der Waals surface area contributed by atoms with Gasteiger partial charge >= 0.3 is 26.2 Å². The van der Waals surface area contributed by atoms with Gasteiger partial charge in [0.1, 0.15) is 63.8 Å². The van der Waals surface area contributed by atoms with E-state index in [0.29, 0.717) is 0 Å². The van der Waals surface area contributed by atoms with Crippen LogP contribution < -0.4 is 4.90 Å². The quantitative estimate of drug-likeness (QED) is 0.0622. The van der Waals surface area contributed by atoms with Crippen LogP contribution in [-0.2, 0) is 5.41 Å². The third-order valence-electron chi connectivity index (χ3n) is 20.7. The smallest absolute Gasteiger partial charge is 0.294 e. The van der Waals surface area contributed by atoms with Gasteiger partial charge in [0.15, 0.2) is 28.6 Å². The van der Waals surface area contributed by atoms with Crippen molar-refractivity contribution in [1.82, 2.24) is 58.6 Å². The van der Waals surface area contributed by atoms with Gasteiger partial charge in [-0.3, -0.25) is 18.5 Å². The molecular formula is C95H56BiN19OP. The molecule has 22 heteroatoms. The predicted octanol–water partition coefficient (Wildman–Crippen LogP) is 19.3. The van der Waals surface area contributed by atoms with Gasteiger partial charge in [-0.15, -0.1) is 9.97 Å². The van der Waals surface area contributed by atoms with Crippen LogP contribution in [0.25, 0.3) is 127 Å². The van der Waals surface area contributed by atoms with E-state index in [1.165, 1.54) is 11.1 Å². The van der Waals surface area contributed by atoms with Crippen molar-refractivity contribution in [2.45, 2.75) is 5.41 Å². The zero-order valence-corrected chi connectivity index (χ0v) is 67.1. The monoisotopic (exact) mass is 1720 g/mol. The van der Waals surface area contributed by atoms with E-state index >= 15 is 0 Å². The Morgan fingerprint density at radius 1 is 0.325 bits per heavy atom. The molecule has 1 radical (unpaired) electrons. The Kier molecular flexibility index (Phi) is 19.0. The summed E-state index contributed by atoms with van der Waals surface area (Å²) in [7, 11) is 1.67. The molecular weight excluding hydrogens is 1660 g/mol. The second-order valence-corrected chi connectivity index (χ2v) is 26.9. The zero-order chi connectivity index (χ0) is 79.8. The maximum atomic E-state index is 13.6. The van der Waals surface area contributed by atoms with E-state index in [1.807, 2.05) is 66.7 Å². The number of fused-ring (bicyclic) bond motifs is 17. The molecule has 13 aromatic carbocycles. The third kappa shape index (κ3) is 12.2. The molecule has 0 N–H and O–H groups in total. The van der Waals surface area contributed by atoms with Gasteiger partial charge in [0.25, 0.3) is 11.6 Å². The van der Waals surface area contributed by atoms with Crippen molar-refractivity contribution in [2.24, 2.45) is 0 Å². The number of carbonyl (C=O) groups excluding carboxylic acids is 1. The van der Waals surface area contributed by atoms with E-state index in [0.717, 1.165) is 124 Å². The summed E-state index contributed by atoms with van der Waals surface area (Å²) in [6.45, 7) is 14.5. The van der Waals surface area contributed by atoms with Crippen molar-refractivity contribution in [3.8, 4) is 75.5 Å². The average molecular weight is 1720 g/mol. The fourth-order valence-electron chi connectivity index (χ4n) is 15.9. The van der Waals surface area contributed by atoms with Crippen LogP contribution in [-0.4, -0.2) is 91.8 Å². The third-order valence-corrected chi connectivity index (χ3v) is 20.7. The summed E-state index contributed by atoms with van der Waals surface area (Å²) in [5.41, 5.74) is 19.5. The van der Waals surface area contributed by atoms with Crippen LogP contribution >= 0.6 is 9.84 Å². The fourth-order valence-corrected chi connectivity index (χ4v) is 15.9. The number of anilines is 3. The van der Waals surface area contributed by atoms with Gasteiger partial charge in [0.2, 0.25) is 11.0 Å². The largest absolute Gasteiger partial charge is 0.370 e. The Hall–Kier alpha value is -16.0. The SMILES string of the molecule is O=C1c2ccccc2C2(c3ccccc31)c1ccccc1N(c1ccccc1)c1ccccc12.[3H]P.[BiH2].[C-]#[N+]c1nc2c3nc(C#N)c(C#N)nc3c3nc(C#N)c(C#N)nc3c2nc1[N+]#[C-].c1ccc(-n2c(-c3cc(-c4nc5ccccc5n4-c4ccccc4)cc(-c4nc5ccccc5n4-c4ccccc4)c3)nc3ccccc32)cc1. The Morgan fingerprint density at radius 3 is 0.906 bits per heavy atom. The summed E-state index contributed by atoms with van der Waals surface area (Å²) < 4.78 is 12.4. The minimum atomic E-state index is -0.584. The summed E-state index contributed by atoms with van der Waals surface area (Å²) >= 11 is 0. The summed E-state index contributed by atoms with van der Waals surface area (Å²) in [6, 6.07) is 114. The zero-order valence-electron chi connectivity index (χ0n) is 62.5. The van der Waals surface area contributed by atoms with Crippen LogP contribution in [0, 0.1) is 58.5 Å². The maximum Gasteiger partial charge on any atom is 0.294 e. The van der Waals surface area contributed by atoms with Crippen molar-refractivity contribution in [1.29, 1.82) is 22.3 Å². The molecule has 1 aliphatic heterocycles. The standard InChI is InChI=1S/C45H30N6.C32H21NO.C18N12.Bi.H3P.2H/c1-4-16-34(17-5-1)49-40-25-13-10-22-37(40)46-43(49)31-28-32(44-47-38-23-11-14-26-41(38)50(44)35-18-6-2-7-19-35)30-33(29-31)45-48-39-24-12-15-27-42(39)51(45)36-20-8-3-9-21-36;34-31-23-14-4-6-16-25(23)32(26-17-7-5-15-24(26)31)27-18-8-10-20-29(27)33(22-12-2-1-3-13-22)30-21-11-9-19-28(30)32;1-23-17-18(24-2)30-16-14-12(26-8(4-20)10(6-22)28-14)11-13(15(16)29-17)27-9(5-21)7(3-19)25-11;;;;/h1-30H;1-21H;;;1H3;;/i;;;;1T;;. The molecule has 0 saturated carbocycles. The van der Waals surface area contributed by atoms with Crippen molar-refractivity contribution in [2.75, 3.05) is 4.90 Å². The van der Waals surface area contributed by atoms with Gasteiger partial charge in [0, 0.05) is 50.6 Å². The van der Waals surface area contributed by atoms with Gasteiger partial charge in [-0.25, -0.2) is 34.9 Å². The normalized spacial score (nSPS) is 11.9. The Labute approximate surface area is 691 Å². The van der Waals surface area contributed by atoms with E-state index in [2.05, 4.69) is 301 Å². The summed E-state index contributed by atoms with van der Waals surface area (Å²) in [4.78, 5) is 63.0. The first-order chi connectivity index (χ1) is 57.7. The molecule has 1 unspecified atom stereocenters. The number of rotatable bonds is 7. The van der Waals surface area contributed by atoms with Crippen LogP contribution in [0.3, 0.4) is 0 Å². The van der Waals surface area contributed by atoms with Crippen molar-refractivity contribution < 1.29 is 4.79 Å². The molecule has 1 spiro atoms. The fraction of sp³-hybridized carbons (Fsp3) is 0.0105. The number of para-hydroxylation sites is 12. The molecule has 117 heavy (non-hydrogen) atoms. The Morgan fingerprint density at radius 2 is 0.590 bits per heavy atom. The van der Waals surface area contributed by atoms with Crippen LogP contribution in [0.4, 0.5) is 28.7 Å². The topological polar surface area (TPSA) is 255 Å². The minimum absolute atomic E-state index is 0. The number of nitrogens with zero attached hydrogens (tertiary/aromatic N) is 19. The molecule has 0 fully saturated rings. The van der Waals surface area contributed by atoms with E-state index in [-0.39, 0.29) is 99.5 Å². The average Bonchev–Trinajstić information content (AvgIpc) is 0.805. The van der Waals surface area contributed by atoms with Crippen LogP contribution in [0.5, 0.6) is 0 Å². The molecule has 7 heterocycles. The van der Waals surface area contributed by atoms with E-state index < -0.39 is 5.41 Å². The van der Waals surface area contributed by atoms with Crippen LogP contribution in [0.1, 0.15) is 61.0 Å². The molecule has 19 aromatic rings. The van der Waals surface area contributed by atoms with Crippen molar-refractivity contribution in [3.63, 3.8) is 0 Å². The minimum Gasteiger partial charge on any atom is -0.370 e. The predicted molar refractivity (Wildman–Crippen MR) is 460 cm³/mol. The van der Waals surface area contributed by atoms with Gasteiger partial charge in [-0.05, 0) is 138 Å². The molecule has 6 aromatic heterocycles. The molecule has 21 rings (SSSR count). The van der Waals surface area contributed by atoms with Gasteiger partial charge in [-0.1, -0.05) is 207 Å². The first-order valence-electron chi connectivity index (χ1n) is 36.9. The van der Waals surface area contributed by atoms with E-state index in [4.69, 9.17) is 29.4 Å². The number of imidazole rings is 3. The number of ketones is 1. The van der Waals surface area contributed by atoms with Crippen molar-refractivity contribution in [3.05, 3.63) is 388 Å². The Bertz CT molecular complexity index is 6780.